The van der Waals surface area contributed by atoms with Crippen LogP contribution in [0.15, 0.2) is 107 Å². The molecule has 196 valence electrons. The van der Waals surface area contributed by atoms with E-state index in [4.69, 9.17) is 21.3 Å². The van der Waals surface area contributed by atoms with Crippen LogP contribution in [0.3, 0.4) is 0 Å². The van der Waals surface area contributed by atoms with E-state index in [0.29, 0.717) is 34.8 Å². The van der Waals surface area contributed by atoms with Crippen molar-refractivity contribution >= 4 is 85.7 Å². The average molecular weight is 777 g/mol. The van der Waals surface area contributed by atoms with Crippen molar-refractivity contribution in [1.82, 2.24) is 4.90 Å². The Kier molecular flexibility index (Phi) is 9.65. The number of carbonyl (C=O) groups is 1. The van der Waals surface area contributed by atoms with Crippen LogP contribution < -0.4 is 4.74 Å². The van der Waals surface area contributed by atoms with E-state index in [1.165, 1.54) is 11.8 Å². The molecule has 0 N–H and O–H groups in total. The van der Waals surface area contributed by atoms with Crippen LogP contribution in [-0.2, 0) is 24.5 Å². The predicted octanol–water partition coefficient (Wildman–Crippen LogP) is 8.80. The third-order valence-corrected chi connectivity index (χ3v) is 8.98. The van der Waals surface area contributed by atoms with E-state index in [0.717, 1.165) is 35.1 Å². The summed E-state index contributed by atoms with van der Waals surface area (Å²) in [6, 6.07) is 31.8. The summed E-state index contributed by atoms with van der Waals surface area (Å²) >= 11 is 12.3. The maximum absolute atomic E-state index is 13.6. The molecule has 8 heteroatoms. The van der Waals surface area contributed by atoms with Crippen LogP contribution in [0.1, 0.15) is 22.3 Å². The fraction of sp³-hybridized carbons (Fsp3) is 0.0968. The highest BCUT2D eigenvalue weighted by molar-refractivity contribution is 14.1. The van der Waals surface area contributed by atoms with Crippen LogP contribution in [0.2, 0.25) is 5.02 Å². The van der Waals surface area contributed by atoms with Gasteiger partial charge in [-0.2, -0.15) is 0 Å². The molecule has 0 unspecified atom stereocenters. The normalized spacial score (nSPS) is 15.4. The van der Waals surface area contributed by atoms with Gasteiger partial charge in [-0.3, -0.25) is 14.7 Å². The first-order valence-corrected chi connectivity index (χ1v) is 15.5. The van der Waals surface area contributed by atoms with Crippen LogP contribution >= 0.6 is 68.5 Å². The summed E-state index contributed by atoms with van der Waals surface area (Å²) in [7, 11) is 0. The molecular formula is C31H23ClI2N2O2S. The number of ether oxygens (including phenoxy) is 1. The zero-order valence-corrected chi connectivity index (χ0v) is 26.6. The number of rotatable bonds is 8. The highest BCUT2D eigenvalue weighted by Gasteiger charge is 2.33. The summed E-state index contributed by atoms with van der Waals surface area (Å²) in [5, 5.41) is 1.40. The Hall–Kier alpha value is -2.34. The lowest BCUT2D eigenvalue weighted by molar-refractivity contribution is -0.122. The third-order valence-electron chi connectivity index (χ3n) is 5.96. The van der Waals surface area contributed by atoms with E-state index in [-0.39, 0.29) is 5.91 Å². The topological polar surface area (TPSA) is 41.9 Å². The lowest BCUT2D eigenvalue weighted by atomic mass is 10.2. The van der Waals surface area contributed by atoms with E-state index in [2.05, 4.69) is 45.2 Å². The van der Waals surface area contributed by atoms with Gasteiger partial charge in [0.25, 0.3) is 5.91 Å². The van der Waals surface area contributed by atoms with Crippen molar-refractivity contribution in [2.75, 3.05) is 0 Å². The summed E-state index contributed by atoms with van der Waals surface area (Å²) in [5.41, 5.74) is 4.04. The fourth-order valence-electron chi connectivity index (χ4n) is 3.99. The number of halogens is 3. The Morgan fingerprint density at radius 3 is 2.15 bits per heavy atom. The predicted molar refractivity (Wildman–Crippen MR) is 178 cm³/mol. The minimum Gasteiger partial charge on any atom is -0.487 e. The minimum absolute atomic E-state index is 0.0419. The van der Waals surface area contributed by atoms with E-state index in [1.807, 2.05) is 103 Å². The van der Waals surface area contributed by atoms with Gasteiger partial charge in [0.15, 0.2) is 5.17 Å². The van der Waals surface area contributed by atoms with Crippen molar-refractivity contribution in [2.45, 2.75) is 19.7 Å². The van der Waals surface area contributed by atoms with Crippen molar-refractivity contribution in [3.63, 3.8) is 0 Å². The quantitative estimate of drug-likeness (QED) is 0.133. The van der Waals surface area contributed by atoms with Gasteiger partial charge in [-0.05, 0) is 97.9 Å². The first kappa shape index (κ1) is 28.2. The van der Waals surface area contributed by atoms with Crippen LogP contribution in [0.25, 0.3) is 6.08 Å². The minimum atomic E-state index is -0.0419. The zero-order chi connectivity index (χ0) is 27.2. The molecular weight excluding hydrogens is 754 g/mol. The molecule has 1 saturated heterocycles. The van der Waals surface area contributed by atoms with Crippen LogP contribution in [0.4, 0.5) is 0 Å². The van der Waals surface area contributed by atoms with Crippen LogP contribution in [0.5, 0.6) is 5.75 Å². The SMILES string of the molecule is O=C1/C(=C/c2cc(I)c(OCc3ccccc3Cl)c(I)c2)SC(=NCc2ccccc2)N1Cc1ccccc1. The van der Waals surface area contributed by atoms with Gasteiger partial charge in [0.05, 0.1) is 25.1 Å². The fourth-order valence-corrected chi connectivity index (χ4v) is 7.28. The second-order valence-electron chi connectivity index (χ2n) is 8.77. The molecule has 4 aromatic rings. The summed E-state index contributed by atoms with van der Waals surface area (Å²) in [4.78, 5) is 20.8. The van der Waals surface area contributed by atoms with E-state index >= 15 is 0 Å². The summed E-state index contributed by atoms with van der Waals surface area (Å²) in [6.07, 6.45) is 1.94. The molecule has 1 aliphatic heterocycles. The molecule has 0 saturated carbocycles. The van der Waals surface area contributed by atoms with Crippen molar-refractivity contribution in [2.24, 2.45) is 4.99 Å². The van der Waals surface area contributed by atoms with Crippen LogP contribution in [-0.4, -0.2) is 16.0 Å². The Labute approximate surface area is 264 Å². The maximum Gasteiger partial charge on any atom is 0.267 e. The van der Waals surface area contributed by atoms with E-state index in [1.54, 1.807) is 4.90 Å². The first-order chi connectivity index (χ1) is 19.0. The largest absolute Gasteiger partial charge is 0.487 e. The molecule has 0 aliphatic carbocycles. The van der Waals surface area contributed by atoms with Crippen molar-refractivity contribution in [3.8, 4) is 5.75 Å². The van der Waals surface area contributed by atoms with Gasteiger partial charge in [-0.15, -0.1) is 0 Å². The van der Waals surface area contributed by atoms with Gasteiger partial charge in [-0.1, -0.05) is 90.5 Å². The molecule has 4 aromatic carbocycles. The Morgan fingerprint density at radius 1 is 0.872 bits per heavy atom. The summed E-state index contributed by atoms with van der Waals surface area (Å²) < 4.78 is 8.07. The monoisotopic (exact) mass is 776 g/mol. The van der Waals surface area contributed by atoms with Crippen molar-refractivity contribution < 1.29 is 9.53 Å². The molecule has 0 radical (unpaired) electrons. The molecule has 1 amide bonds. The third kappa shape index (κ3) is 7.25. The second-order valence-corrected chi connectivity index (χ2v) is 12.5. The van der Waals surface area contributed by atoms with Gasteiger partial charge in [0, 0.05) is 10.6 Å². The summed E-state index contributed by atoms with van der Waals surface area (Å²) in [6.45, 7) is 1.37. The molecule has 0 bridgehead atoms. The van der Waals surface area contributed by atoms with E-state index < -0.39 is 0 Å². The van der Waals surface area contributed by atoms with E-state index in [9.17, 15) is 4.79 Å². The van der Waals surface area contributed by atoms with Gasteiger partial charge >= 0.3 is 0 Å². The Morgan fingerprint density at radius 2 is 1.49 bits per heavy atom. The number of amides is 1. The Balaban J connectivity index is 1.39. The standard InChI is InChI=1S/C31H23ClI2N2O2S/c32-25-14-8-7-13-24(25)20-38-29-26(33)15-23(16-27(29)34)17-28-30(37)36(19-22-11-5-2-6-12-22)31(39-28)35-18-21-9-3-1-4-10-21/h1-17H,18-20H2/b28-17-,35-31?. The van der Waals surface area contributed by atoms with Gasteiger partial charge in [0.1, 0.15) is 12.4 Å². The molecule has 5 rings (SSSR count). The highest BCUT2D eigenvalue weighted by atomic mass is 127. The number of nitrogens with zero attached hydrogens (tertiary/aromatic N) is 2. The van der Waals surface area contributed by atoms with Gasteiger partial charge in [-0.25, -0.2) is 0 Å². The number of hydrogen-bond acceptors (Lipinski definition) is 4. The molecule has 0 spiro atoms. The summed E-state index contributed by atoms with van der Waals surface area (Å²) in [5.74, 6) is 0.763. The van der Waals surface area contributed by atoms with Gasteiger partial charge in [0.2, 0.25) is 0 Å². The first-order valence-electron chi connectivity index (χ1n) is 12.2. The maximum atomic E-state index is 13.6. The number of benzene rings is 4. The van der Waals surface area contributed by atoms with Gasteiger partial charge < -0.3 is 4.74 Å². The number of carbonyl (C=O) groups excluding carboxylic acids is 1. The molecule has 1 fully saturated rings. The number of aliphatic imine (C=N–C) groups is 1. The number of hydrogen-bond donors (Lipinski definition) is 0. The average Bonchev–Trinajstić information content (AvgIpc) is 3.22. The van der Waals surface area contributed by atoms with Crippen molar-refractivity contribution in [1.29, 1.82) is 0 Å². The zero-order valence-electron chi connectivity index (χ0n) is 20.7. The highest BCUT2D eigenvalue weighted by Crippen LogP contribution is 2.36. The molecule has 0 atom stereocenters. The number of thioether (sulfide) groups is 1. The molecule has 1 aliphatic rings. The molecule has 1 heterocycles. The van der Waals surface area contributed by atoms with Crippen molar-refractivity contribution in [3.05, 3.63) is 136 Å². The molecule has 39 heavy (non-hydrogen) atoms. The smallest absolute Gasteiger partial charge is 0.267 e. The molecule has 0 aromatic heterocycles. The lowest BCUT2D eigenvalue weighted by Crippen LogP contribution is -2.28. The molecule has 4 nitrogen and oxygen atoms in total. The van der Waals surface area contributed by atoms with Crippen LogP contribution in [0, 0.1) is 7.14 Å². The lowest BCUT2D eigenvalue weighted by Gasteiger charge is -2.15. The second kappa shape index (κ2) is 13.3. The Bertz CT molecular complexity index is 1520. The number of amidine groups is 1.